The van der Waals surface area contributed by atoms with Crippen LogP contribution in [0.15, 0.2) is 48.5 Å². The average molecular weight is 1470 g/mol. The van der Waals surface area contributed by atoms with Crippen LogP contribution in [0, 0.1) is 0 Å². The molecule has 2 saturated heterocycles. The van der Waals surface area contributed by atoms with Crippen molar-refractivity contribution in [3.63, 3.8) is 0 Å². The van der Waals surface area contributed by atoms with Gasteiger partial charge in [-0.2, -0.15) is 0 Å². The first-order valence-electron chi connectivity index (χ1n) is 30.7. The summed E-state index contributed by atoms with van der Waals surface area (Å²) in [7, 11) is 2.63. The number of phenolic OH excluding ortho intramolecular Hbond substituents is 2. The van der Waals surface area contributed by atoms with Gasteiger partial charge in [0, 0.05) is 43.1 Å². The number of aromatic hydroxyl groups is 2. The van der Waals surface area contributed by atoms with E-state index in [9.17, 15) is 107 Å². The molecule has 2 aliphatic rings. The Hall–Kier alpha value is -9.12. The molecule has 4 rings (SSSR count). The number of likely N-dealkylation sites (tertiary alicyclic amines) is 1. The molecule has 2 aromatic rings. The molecule has 2 aliphatic heterocycles. The number of nitrogens with two attached hydrogens (primary N) is 1. The number of thiol groups is 1. The summed E-state index contributed by atoms with van der Waals surface area (Å²) in [5, 5.41) is 87.5. The Balaban J connectivity index is 1.43. The van der Waals surface area contributed by atoms with E-state index in [0.29, 0.717) is 11.1 Å². The number of rotatable bonds is 28. The number of hydrogen-bond acceptors (Lipinski definition) is 24. The standard InChI is InChI=1S/C59H82N14O22S4/c1-26(47(82)62-29(4)50(85)72-46(30(5)74)57(92)61-22-43(77)66-40(24-97-96)54(89)70-39(59(94)95)20-32-10-14-34(76)15-11-32)65-56(91)42-7-6-18-73(42)58(93)38(21-45(80)81)69-55(90)41-25-99-98-23-35(60)51(86)63-27(2)48(83)67-36(16-17-44(78)79)52(87)68-37(19-31-8-12-33(75)13-9-31)53(88)64-28(3)49(84)71-41/h8-15,26-30,35-42,46,74-76,96H,6-7,16-25,60H2,1-5H3,(H,61,92)(H,62,82)(H,63,86)(H,64,88)(H,65,91)(H,66,77)(H,67,83)(H,68,87)(H,69,90)(H,70,89)(H,71,84)(H,72,85)(H,78,79)(H,80,81)(H,94,95)/t26-,27-,28-,29-,30?,35-,36-,37-,38-,39-,40-,41-,42-,46-/m0/s1. The molecule has 36 nitrogen and oxygen atoms in total. The summed E-state index contributed by atoms with van der Waals surface area (Å²) in [6.07, 6.45) is -4.14. The van der Waals surface area contributed by atoms with E-state index in [1.54, 1.807) is 0 Å². The number of amides is 13. The number of aliphatic carboxylic acids is 3. The van der Waals surface area contributed by atoms with Gasteiger partial charge in [-0.15, -0.1) is 11.7 Å². The number of carbonyl (C=O) groups excluding carboxylic acids is 13. The maximum Gasteiger partial charge on any atom is 0.326 e. The van der Waals surface area contributed by atoms with Crippen molar-refractivity contribution in [1.29, 1.82) is 0 Å². The van der Waals surface area contributed by atoms with E-state index in [0.717, 1.165) is 44.2 Å². The Morgan fingerprint density at radius 3 is 1.77 bits per heavy atom. The number of aliphatic hydroxyl groups excluding tert-OH is 1. The molecule has 0 saturated carbocycles. The lowest BCUT2D eigenvalue weighted by atomic mass is 10.0. The zero-order valence-corrected chi connectivity index (χ0v) is 57.4. The number of carboxylic acid groups (broad SMARTS) is 3. The SMILES string of the molecule is CC(O)[C@H](NC(=O)[C@H](C)NC(=O)[C@H](C)NC(=O)[C@@H]1CCCN1C(=O)[C@H](CC(=O)O)NC(=O)[C@@H]1CSSC[C@H](N)C(=O)N[C@@H](C)C(=O)N[C@@H](CCC(=O)O)C(=O)N[C@@H](Cc2ccc(O)cc2)C(=O)N[C@@H](C)C(=O)N1)C(=O)NCC(=O)N[C@@H](CSS)C(=O)N[C@@H](Cc1ccc(O)cc1)C(=O)O. The summed E-state index contributed by atoms with van der Waals surface area (Å²) in [6.45, 7) is 5.01. The monoisotopic (exact) mass is 1470 g/mol. The number of carboxylic acids is 3. The first-order chi connectivity index (χ1) is 46.6. The molecule has 544 valence electrons. The van der Waals surface area contributed by atoms with Gasteiger partial charge < -0.3 is 105 Å². The lowest BCUT2D eigenvalue weighted by molar-refractivity contribution is -0.146. The second kappa shape index (κ2) is 40.1. The van der Waals surface area contributed by atoms with Gasteiger partial charge >= 0.3 is 17.9 Å². The van der Waals surface area contributed by atoms with Crippen LogP contribution in [0.1, 0.15) is 77.8 Å². The highest BCUT2D eigenvalue weighted by molar-refractivity contribution is 8.76. The maximum atomic E-state index is 14.3. The summed E-state index contributed by atoms with van der Waals surface area (Å²) >= 11 is 4.02. The Labute approximate surface area is 583 Å². The van der Waals surface area contributed by atoms with Crippen LogP contribution < -0.4 is 69.5 Å². The molecule has 2 fully saturated rings. The number of phenols is 2. The fraction of sp³-hybridized carbons (Fsp3) is 0.525. The van der Waals surface area contributed by atoms with Crippen molar-refractivity contribution in [1.82, 2.24) is 68.7 Å². The molecule has 0 radical (unpaired) electrons. The van der Waals surface area contributed by atoms with Crippen LogP contribution in [0.3, 0.4) is 0 Å². The molecule has 2 heterocycles. The number of nitrogens with one attached hydrogen (secondary N) is 12. The summed E-state index contributed by atoms with van der Waals surface area (Å²) in [6, 6.07) is -8.79. The number of aliphatic hydroxyl groups is 1. The fourth-order valence-corrected chi connectivity index (χ4v) is 12.6. The minimum absolute atomic E-state index is 0.0308. The van der Waals surface area contributed by atoms with Crippen molar-refractivity contribution < 1.29 is 107 Å². The topological polar surface area (TPSA) is 568 Å². The highest BCUT2D eigenvalue weighted by atomic mass is 33.1. The summed E-state index contributed by atoms with van der Waals surface area (Å²) in [4.78, 5) is 214. The van der Waals surface area contributed by atoms with Gasteiger partial charge in [0.15, 0.2) is 0 Å². The molecule has 2 aromatic carbocycles. The predicted octanol–water partition coefficient (Wildman–Crippen LogP) is -5.49. The Bertz CT molecular complexity index is 3280. The highest BCUT2D eigenvalue weighted by Gasteiger charge is 2.41. The van der Waals surface area contributed by atoms with E-state index < -0.39 is 205 Å². The second-order valence-electron chi connectivity index (χ2n) is 23.1. The van der Waals surface area contributed by atoms with Gasteiger partial charge in [0.25, 0.3) is 0 Å². The van der Waals surface area contributed by atoms with Crippen LogP contribution in [0.5, 0.6) is 11.5 Å². The van der Waals surface area contributed by atoms with E-state index in [1.807, 2.05) is 0 Å². The minimum atomic E-state index is -1.92. The molecular formula is C59H82N14O22S4. The summed E-state index contributed by atoms with van der Waals surface area (Å²) in [5.41, 5.74) is 6.95. The van der Waals surface area contributed by atoms with Crippen molar-refractivity contribution in [3.05, 3.63) is 59.7 Å². The van der Waals surface area contributed by atoms with Gasteiger partial charge in [-0.05, 0) is 89.3 Å². The van der Waals surface area contributed by atoms with E-state index in [1.165, 1.54) is 76.2 Å². The largest absolute Gasteiger partial charge is 0.508 e. The Morgan fingerprint density at radius 1 is 0.626 bits per heavy atom. The highest BCUT2D eigenvalue weighted by Crippen LogP contribution is 2.24. The molecule has 13 amide bonds. The lowest BCUT2D eigenvalue weighted by Crippen LogP contribution is -2.61. The van der Waals surface area contributed by atoms with Crippen LogP contribution in [-0.4, -0.2) is 245 Å². The lowest BCUT2D eigenvalue weighted by Gasteiger charge is -2.30. The molecule has 0 spiro atoms. The third-order valence-corrected chi connectivity index (χ3v) is 18.4. The first-order valence-corrected chi connectivity index (χ1v) is 35.2. The van der Waals surface area contributed by atoms with Gasteiger partial charge in [0.1, 0.15) is 84.0 Å². The van der Waals surface area contributed by atoms with Crippen molar-refractivity contribution in [2.45, 2.75) is 164 Å². The third-order valence-electron chi connectivity index (χ3n) is 15.0. The van der Waals surface area contributed by atoms with Crippen molar-refractivity contribution in [3.8, 4) is 11.5 Å². The van der Waals surface area contributed by atoms with Gasteiger partial charge in [0.05, 0.1) is 25.1 Å². The molecule has 20 N–H and O–H groups in total. The Kier molecular flexibility index (Phi) is 33.3. The average Bonchev–Trinajstić information content (AvgIpc) is 1.75. The van der Waals surface area contributed by atoms with E-state index in [-0.39, 0.29) is 61.0 Å². The zero-order chi connectivity index (χ0) is 74.0. The summed E-state index contributed by atoms with van der Waals surface area (Å²) in [5.74, 6) is -18.3. The number of nitrogens with zero attached hydrogens (tertiary/aromatic N) is 1. The predicted molar refractivity (Wildman–Crippen MR) is 358 cm³/mol. The van der Waals surface area contributed by atoms with Crippen molar-refractivity contribution in [2.24, 2.45) is 5.73 Å². The quantitative estimate of drug-likeness (QED) is 0.0279. The minimum Gasteiger partial charge on any atom is -0.508 e. The van der Waals surface area contributed by atoms with E-state index in [4.69, 9.17) is 5.73 Å². The maximum absolute atomic E-state index is 14.3. The third kappa shape index (κ3) is 27.3. The van der Waals surface area contributed by atoms with E-state index >= 15 is 0 Å². The van der Waals surface area contributed by atoms with Crippen LogP contribution in [0.25, 0.3) is 0 Å². The van der Waals surface area contributed by atoms with Crippen molar-refractivity contribution >= 4 is 139 Å². The molecule has 0 bridgehead atoms. The van der Waals surface area contributed by atoms with Crippen molar-refractivity contribution in [2.75, 3.05) is 30.3 Å². The number of hydrogen-bond donors (Lipinski definition) is 20. The fourth-order valence-electron chi connectivity index (χ4n) is 9.47. The second-order valence-corrected chi connectivity index (χ2v) is 27.0. The summed E-state index contributed by atoms with van der Waals surface area (Å²) < 4.78 is 0. The van der Waals surface area contributed by atoms with Gasteiger partial charge in [-0.25, -0.2) is 4.79 Å². The molecular weight excluding hydrogens is 1380 g/mol. The van der Waals surface area contributed by atoms with Crippen LogP contribution in [0.4, 0.5) is 0 Å². The van der Waals surface area contributed by atoms with Gasteiger partial charge in [-0.1, -0.05) is 56.6 Å². The zero-order valence-electron chi connectivity index (χ0n) is 54.1. The molecule has 40 heteroatoms. The van der Waals surface area contributed by atoms with E-state index in [2.05, 4.69) is 75.5 Å². The number of carbonyl (C=O) groups is 16. The van der Waals surface area contributed by atoms with Gasteiger partial charge in [-0.3, -0.25) is 71.9 Å². The van der Waals surface area contributed by atoms with Crippen LogP contribution in [0.2, 0.25) is 0 Å². The molecule has 1 unspecified atom stereocenters. The molecule has 14 atom stereocenters. The van der Waals surface area contributed by atoms with Gasteiger partial charge in [0.2, 0.25) is 76.8 Å². The molecule has 0 aromatic heterocycles. The van der Waals surface area contributed by atoms with Crippen LogP contribution >= 0.6 is 44.0 Å². The smallest absolute Gasteiger partial charge is 0.326 e. The number of benzene rings is 2. The molecule has 99 heavy (non-hydrogen) atoms. The first kappa shape index (κ1) is 82.3. The van der Waals surface area contributed by atoms with Crippen LogP contribution in [-0.2, 0) is 89.6 Å². The normalized spacial score (nSPS) is 21.7. The molecule has 0 aliphatic carbocycles. The Morgan fingerprint density at radius 2 is 1.18 bits per heavy atom.